The molecule has 5 heteroatoms. The van der Waals surface area contributed by atoms with Crippen molar-refractivity contribution in [2.75, 3.05) is 0 Å². The number of imidazole rings is 1. The van der Waals surface area contributed by atoms with Crippen molar-refractivity contribution in [3.63, 3.8) is 0 Å². The van der Waals surface area contributed by atoms with Crippen LogP contribution in [0.1, 0.15) is 11.4 Å². The molecule has 0 aliphatic rings. The maximum atomic E-state index is 6.00. The third kappa shape index (κ3) is 2.64. The highest BCUT2D eigenvalue weighted by molar-refractivity contribution is 6.31. The van der Waals surface area contributed by atoms with Gasteiger partial charge < -0.3 is 4.57 Å². The van der Waals surface area contributed by atoms with Crippen molar-refractivity contribution in [1.29, 1.82) is 0 Å². The number of halogens is 3. The van der Waals surface area contributed by atoms with Gasteiger partial charge in [-0.1, -0.05) is 35.3 Å². The number of nitrogens with zero attached hydrogens (tertiary/aromatic N) is 2. The lowest BCUT2D eigenvalue weighted by molar-refractivity contribution is 0.779. The number of alkyl halides is 1. The fourth-order valence-corrected chi connectivity index (χ4v) is 2.70. The third-order valence-electron chi connectivity index (χ3n) is 3.16. The van der Waals surface area contributed by atoms with E-state index in [4.69, 9.17) is 34.8 Å². The molecule has 0 aliphatic carbocycles. The van der Waals surface area contributed by atoms with Gasteiger partial charge in [-0.2, -0.15) is 0 Å². The molecule has 3 rings (SSSR count). The van der Waals surface area contributed by atoms with Gasteiger partial charge in [0.1, 0.15) is 5.82 Å². The minimum atomic E-state index is 0.361. The number of hydrogen-bond donors (Lipinski definition) is 0. The van der Waals surface area contributed by atoms with Crippen LogP contribution < -0.4 is 0 Å². The zero-order chi connectivity index (χ0) is 14.1. The first-order chi connectivity index (χ1) is 9.67. The average Bonchev–Trinajstić information content (AvgIpc) is 2.78. The Hall–Kier alpha value is -1.22. The van der Waals surface area contributed by atoms with Crippen LogP contribution in [0.2, 0.25) is 10.0 Å². The van der Waals surface area contributed by atoms with Gasteiger partial charge in [0.2, 0.25) is 0 Å². The summed E-state index contributed by atoms with van der Waals surface area (Å²) in [5.74, 6) is 1.19. The fraction of sp³-hybridized carbons (Fsp3) is 0.133. The first-order valence-corrected chi connectivity index (χ1v) is 7.41. The van der Waals surface area contributed by atoms with Gasteiger partial charge in [-0.25, -0.2) is 4.98 Å². The Labute approximate surface area is 131 Å². The summed E-state index contributed by atoms with van der Waals surface area (Å²) in [5.41, 5.74) is 3.04. The Morgan fingerprint density at radius 3 is 2.35 bits per heavy atom. The second-order valence-electron chi connectivity index (χ2n) is 4.51. The molecule has 0 aliphatic heterocycles. The maximum absolute atomic E-state index is 6.00. The molecule has 0 fully saturated rings. The molecule has 0 saturated heterocycles. The summed E-state index contributed by atoms with van der Waals surface area (Å²) in [7, 11) is 0. The quantitative estimate of drug-likeness (QED) is 0.610. The number of benzene rings is 2. The van der Waals surface area contributed by atoms with Crippen LogP contribution in [0.5, 0.6) is 0 Å². The van der Waals surface area contributed by atoms with Crippen LogP contribution in [0.3, 0.4) is 0 Å². The first-order valence-electron chi connectivity index (χ1n) is 6.12. The van der Waals surface area contributed by atoms with Crippen molar-refractivity contribution in [1.82, 2.24) is 9.55 Å². The standard InChI is InChI=1S/C15H11Cl3N2/c16-8-15-19-13-7-12(18)5-6-14(13)20(15)9-10-1-3-11(17)4-2-10/h1-7H,8-9H2. The van der Waals surface area contributed by atoms with E-state index in [1.165, 1.54) is 0 Å². The second-order valence-corrected chi connectivity index (χ2v) is 5.65. The van der Waals surface area contributed by atoms with Crippen molar-refractivity contribution in [2.24, 2.45) is 0 Å². The summed E-state index contributed by atoms with van der Waals surface area (Å²) in [5, 5.41) is 1.41. The Morgan fingerprint density at radius 1 is 0.950 bits per heavy atom. The number of aromatic nitrogens is 2. The summed E-state index contributed by atoms with van der Waals surface area (Å²) < 4.78 is 2.10. The monoisotopic (exact) mass is 324 g/mol. The summed E-state index contributed by atoms with van der Waals surface area (Å²) in [6, 6.07) is 13.5. The van der Waals surface area contributed by atoms with Gasteiger partial charge in [0.15, 0.2) is 0 Å². The van der Waals surface area contributed by atoms with E-state index in [-0.39, 0.29) is 0 Å². The molecular formula is C15H11Cl3N2. The van der Waals surface area contributed by atoms with Crippen LogP contribution in [-0.4, -0.2) is 9.55 Å². The van der Waals surface area contributed by atoms with Gasteiger partial charge in [0.25, 0.3) is 0 Å². The van der Waals surface area contributed by atoms with E-state index in [1.807, 2.05) is 42.5 Å². The largest absolute Gasteiger partial charge is 0.322 e. The van der Waals surface area contributed by atoms with Gasteiger partial charge >= 0.3 is 0 Å². The van der Waals surface area contributed by atoms with Gasteiger partial charge in [-0.05, 0) is 35.9 Å². The van der Waals surface area contributed by atoms with E-state index in [0.717, 1.165) is 27.4 Å². The van der Waals surface area contributed by atoms with Crippen LogP contribution >= 0.6 is 34.8 Å². The summed E-state index contributed by atoms with van der Waals surface area (Å²) in [4.78, 5) is 4.53. The zero-order valence-electron chi connectivity index (χ0n) is 10.5. The smallest absolute Gasteiger partial charge is 0.125 e. The summed E-state index contributed by atoms with van der Waals surface area (Å²) >= 11 is 17.9. The Bertz CT molecular complexity index is 748. The lowest BCUT2D eigenvalue weighted by Gasteiger charge is -2.08. The van der Waals surface area contributed by atoms with E-state index in [1.54, 1.807) is 0 Å². The minimum Gasteiger partial charge on any atom is -0.322 e. The number of hydrogen-bond acceptors (Lipinski definition) is 1. The molecule has 0 radical (unpaired) electrons. The summed E-state index contributed by atoms with van der Waals surface area (Å²) in [6.07, 6.45) is 0. The van der Waals surface area contributed by atoms with Crippen LogP contribution in [0.15, 0.2) is 42.5 Å². The highest BCUT2D eigenvalue weighted by Gasteiger charge is 2.10. The normalized spacial score (nSPS) is 11.2. The minimum absolute atomic E-state index is 0.361. The highest BCUT2D eigenvalue weighted by atomic mass is 35.5. The molecule has 0 N–H and O–H groups in total. The van der Waals surface area contributed by atoms with Gasteiger partial charge in [0.05, 0.1) is 16.9 Å². The molecule has 0 amide bonds. The van der Waals surface area contributed by atoms with E-state index >= 15 is 0 Å². The van der Waals surface area contributed by atoms with Crippen molar-refractivity contribution in [2.45, 2.75) is 12.4 Å². The third-order valence-corrected chi connectivity index (χ3v) is 3.89. The Balaban J connectivity index is 2.07. The molecule has 0 atom stereocenters. The molecule has 0 saturated carbocycles. The van der Waals surface area contributed by atoms with Crippen LogP contribution in [-0.2, 0) is 12.4 Å². The van der Waals surface area contributed by atoms with Gasteiger partial charge in [-0.15, -0.1) is 11.6 Å². The van der Waals surface area contributed by atoms with Crippen LogP contribution in [0.25, 0.3) is 11.0 Å². The molecule has 2 nitrogen and oxygen atoms in total. The summed E-state index contributed by atoms with van der Waals surface area (Å²) in [6.45, 7) is 0.706. The molecule has 1 heterocycles. The molecule has 20 heavy (non-hydrogen) atoms. The topological polar surface area (TPSA) is 17.8 Å². The first kappa shape index (κ1) is 13.7. The molecule has 2 aromatic carbocycles. The molecule has 1 aromatic heterocycles. The predicted octanol–water partition coefficient (Wildman–Crippen LogP) is 5.13. The van der Waals surface area contributed by atoms with E-state index in [9.17, 15) is 0 Å². The average molecular weight is 326 g/mol. The molecule has 0 bridgehead atoms. The molecule has 3 aromatic rings. The van der Waals surface area contributed by atoms with E-state index in [0.29, 0.717) is 17.4 Å². The number of fused-ring (bicyclic) bond motifs is 1. The zero-order valence-corrected chi connectivity index (χ0v) is 12.8. The van der Waals surface area contributed by atoms with Crippen molar-refractivity contribution in [3.8, 4) is 0 Å². The second kappa shape index (κ2) is 5.65. The fourth-order valence-electron chi connectivity index (χ4n) is 2.20. The lowest BCUT2D eigenvalue weighted by Crippen LogP contribution is -2.03. The molecule has 0 unspecified atom stereocenters. The van der Waals surface area contributed by atoms with E-state index in [2.05, 4.69) is 9.55 Å². The van der Waals surface area contributed by atoms with Crippen molar-refractivity contribution >= 4 is 45.8 Å². The molecule has 0 spiro atoms. The van der Waals surface area contributed by atoms with Gasteiger partial charge in [0, 0.05) is 16.6 Å². The van der Waals surface area contributed by atoms with Crippen molar-refractivity contribution in [3.05, 3.63) is 63.9 Å². The van der Waals surface area contributed by atoms with Crippen LogP contribution in [0.4, 0.5) is 0 Å². The Kier molecular flexibility index (Phi) is 3.88. The molecule has 102 valence electrons. The van der Waals surface area contributed by atoms with Crippen LogP contribution in [0, 0.1) is 0 Å². The maximum Gasteiger partial charge on any atom is 0.125 e. The lowest BCUT2D eigenvalue weighted by atomic mass is 10.2. The van der Waals surface area contributed by atoms with E-state index < -0.39 is 0 Å². The van der Waals surface area contributed by atoms with Gasteiger partial charge in [-0.3, -0.25) is 0 Å². The number of rotatable bonds is 3. The highest BCUT2D eigenvalue weighted by Crippen LogP contribution is 2.23. The van der Waals surface area contributed by atoms with Crippen molar-refractivity contribution < 1.29 is 0 Å². The Morgan fingerprint density at radius 2 is 1.65 bits per heavy atom. The predicted molar refractivity (Wildman–Crippen MR) is 84.9 cm³/mol. The SMILES string of the molecule is ClCc1nc2cc(Cl)ccc2n1Cc1ccc(Cl)cc1. The molecular weight excluding hydrogens is 315 g/mol.